The van der Waals surface area contributed by atoms with Crippen LogP contribution in [0, 0.1) is 0 Å². The molecule has 1 aromatic rings. The number of nitrogens with zero attached hydrogens (tertiary/aromatic N) is 2. The highest BCUT2D eigenvalue weighted by atomic mass is 16.5. The molecule has 1 amide bonds. The second-order valence-corrected chi connectivity index (χ2v) is 3.85. The van der Waals surface area contributed by atoms with Gasteiger partial charge in [0.15, 0.2) is 0 Å². The van der Waals surface area contributed by atoms with Crippen LogP contribution < -0.4 is 11.1 Å². The molecule has 6 nitrogen and oxygen atoms in total. The van der Waals surface area contributed by atoms with Crippen molar-refractivity contribution in [2.75, 3.05) is 13.1 Å². The molecule has 1 aliphatic heterocycles. The number of primary amides is 1. The van der Waals surface area contributed by atoms with Gasteiger partial charge < -0.3 is 15.6 Å². The Balaban J connectivity index is 2.30. The summed E-state index contributed by atoms with van der Waals surface area (Å²) in [5.41, 5.74) is 4.95. The van der Waals surface area contributed by atoms with Crippen molar-refractivity contribution in [1.82, 2.24) is 15.5 Å². The predicted octanol–water partition coefficient (Wildman–Crippen LogP) is -0.190. The van der Waals surface area contributed by atoms with Crippen LogP contribution in [-0.4, -0.2) is 29.1 Å². The summed E-state index contributed by atoms with van der Waals surface area (Å²) in [6, 6.07) is 0. The first-order valence-electron chi connectivity index (χ1n) is 5.03. The van der Waals surface area contributed by atoms with E-state index in [9.17, 15) is 4.79 Å². The lowest BCUT2D eigenvalue weighted by Crippen LogP contribution is -2.28. The highest BCUT2D eigenvalue weighted by molar-refractivity contribution is 5.88. The fourth-order valence-corrected chi connectivity index (χ4v) is 1.92. The van der Waals surface area contributed by atoms with Crippen LogP contribution in [-0.2, 0) is 5.41 Å². The SMILES string of the molecule is CCC1(c2nc(C(N)=O)no2)CCNC1. The first-order valence-corrected chi connectivity index (χ1v) is 5.03. The number of carbonyl (C=O) groups is 1. The first-order chi connectivity index (χ1) is 7.18. The normalized spacial score (nSPS) is 25.7. The fraction of sp³-hybridized carbons (Fsp3) is 0.667. The lowest BCUT2D eigenvalue weighted by molar-refractivity contribution is 0.0987. The number of nitrogens with two attached hydrogens (primary N) is 1. The van der Waals surface area contributed by atoms with E-state index in [0.717, 1.165) is 25.9 Å². The molecule has 0 aromatic carbocycles. The standard InChI is InChI=1S/C9H14N4O2/c1-2-9(3-4-11-5-9)8-12-7(6(10)14)13-15-8/h11H,2-5H2,1H3,(H2,10,14). The zero-order chi connectivity index (χ0) is 10.9. The summed E-state index contributed by atoms with van der Waals surface area (Å²) in [6.07, 6.45) is 1.85. The molecule has 1 aromatic heterocycles. The van der Waals surface area contributed by atoms with E-state index in [1.54, 1.807) is 0 Å². The number of hydrogen-bond donors (Lipinski definition) is 2. The smallest absolute Gasteiger partial charge is 0.290 e. The highest BCUT2D eigenvalue weighted by Crippen LogP contribution is 2.32. The Kier molecular flexibility index (Phi) is 2.44. The molecule has 0 bridgehead atoms. The minimum atomic E-state index is -0.651. The molecule has 3 N–H and O–H groups in total. The minimum absolute atomic E-state index is 0.0373. The highest BCUT2D eigenvalue weighted by Gasteiger charge is 2.39. The van der Waals surface area contributed by atoms with Crippen molar-refractivity contribution in [2.45, 2.75) is 25.2 Å². The molecule has 1 saturated heterocycles. The van der Waals surface area contributed by atoms with Gasteiger partial charge in [-0.25, -0.2) is 0 Å². The molecule has 15 heavy (non-hydrogen) atoms. The fourth-order valence-electron chi connectivity index (χ4n) is 1.92. The van der Waals surface area contributed by atoms with Gasteiger partial charge in [0.1, 0.15) is 0 Å². The minimum Gasteiger partial charge on any atom is -0.363 e. The predicted molar refractivity (Wildman–Crippen MR) is 52.3 cm³/mol. The number of aromatic nitrogens is 2. The van der Waals surface area contributed by atoms with E-state index in [2.05, 4.69) is 22.4 Å². The summed E-state index contributed by atoms with van der Waals surface area (Å²) in [4.78, 5) is 14.9. The van der Waals surface area contributed by atoms with Crippen LogP contribution in [0.15, 0.2) is 4.52 Å². The van der Waals surface area contributed by atoms with E-state index in [1.165, 1.54) is 0 Å². The molecule has 1 aliphatic rings. The third-order valence-electron chi connectivity index (χ3n) is 3.02. The molecule has 2 heterocycles. The van der Waals surface area contributed by atoms with Gasteiger partial charge in [-0.3, -0.25) is 4.79 Å². The van der Waals surface area contributed by atoms with E-state index >= 15 is 0 Å². The van der Waals surface area contributed by atoms with E-state index in [-0.39, 0.29) is 11.2 Å². The summed E-state index contributed by atoms with van der Waals surface area (Å²) in [5.74, 6) is -0.171. The summed E-state index contributed by atoms with van der Waals surface area (Å²) < 4.78 is 5.10. The third-order valence-corrected chi connectivity index (χ3v) is 3.02. The van der Waals surface area contributed by atoms with Crippen molar-refractivity contribution in [3.05, 3.63) is 11.7 Å². The molecule has 2 rings (SSSR count). The molecule has 0 aliphatic carbocycles. The van der Waals surface area contributed by atoms with E-state index in [1.807, 2.05) is 0 Å². The van der Waals surface area contributed by atoms with Crippen molar-refractivity contribution in [3.63, 3.8) is 0 Å². The van der Waals surface area contributed by atoms with Crippen LogP contribution in [0.1, 0.15) is 36.3 Å². The van der Waals surface area contributed by atoms with Crippen molar-refractivity contribution < 1.29 is 9.32 Å². The van der Waals surface area contributed by atoms with Gasteiger partial charge in [-0.2, -0.15) is 4.98 Å². The van der Waals surface area contributed by atoms with Gasteiger partial charge in [-0.05, 0) is 19.4 Å². The van der Waals surface area contributed by atoms with Gasteiger partial charge in [0.05, 0.1) is 5.41 Å². The molecule has 6 heteroatoms. The van der Waals surface area contributed by atoms with Crippen LogP contribution in [0.3, 0.4) is 0 Å². The van der Waals surface area contributed by atoms with Gasteiger partial charge in [-0.1, -0.05) is 12.1 Å². The quantitative estimate of drug-likeness (QED) is 0.721. The van der Waals surface area contributed by atoms with Crippen LogP contribution >= 0.6 is 0 Å². The second kappa shape index (κ2) is 3.62. The third kappa shape index (κ3) is 1.61. The van der Waals surface area contributed by atoms with Gasteiger partial charge in [0.2, 0.25) is 5.89 Å². The molecule has 1 fully saturated rings. The van der Waals surface area contributed by atoms with E-state index in [4.69, 9.17) is 10.3 Å². The Morgan fingerprint density at radius 2 is 2.53 bits per heavy atom. The Hall–Kier alpha value is -1.43. The molecule has 0 radical (unpaired) electrons. The topological polar surface area (TPSA) is 94.0 Å². The Bertz CT molecular complexity index is 368. The van der Waals surface area contributed by atoms with Crippen LogP contribution in [0.4, 0.5) is 0 Å². The van der Waals surface area contributed by atoms with Crippen LogP contribution in [0.2, 0.25) is 0 Å². The monoisotopic (exact) mass is 210 g/mol. The van der Waals surface area contributed by atoms with Crippen molar-refractivity contribution in [1.29, 1.82) is 0 Å². The van der Waals surface area contributed by atoms with Crippen LogP contribution in [0.5, 0.6) is 0 Å². The average molecular weight is 210 g/mol. The molecule has 82 valence electrons. The van der Waals surface area contributed by atoms with Crippen molar-refractivity contribution in [3.8, 4) is 0 Å². The maximum Gasteiger partial charge on any atom is 0.290 e. The summed E-state index contributed by atoms with van der Waals surface area (Å²) >= 11 is 0. The van der Waals surface area contributed by atoms with Crippen LogP contribution in [0.25, 0.3) is 0 Å². The van der Waals surface area contributed by atoms with Crippen molar-refractivity contribution in [2.24, 2.45) is 5.73 Å². The molecular weight excluding hydrogens is 196 g/mol. The average Bonchev–Trinajstić information content (AvgIpc) is 2.87. The second-order valence-electron chi connectivity index (χ2n) is 3.85. The van der Waals surface area contributed by atoms with E-state index < -0.39 is 5.91 Å². The summed E-state index contributed by atoms with van der Waals surface area (Å²) in [6.45, 7) is 3.81. The van der Waals surface area contributed by atoms with E-state index in [0.29, 0.717) is 5.89 Å². The number of hydrogen-bond acceptors (Lipinski definition) is 5. The lowest BCUT2D eigenvalue weighted by atomic mass is 9.84. The number of carbonyl (C=O) groups excluding carboxylic acids is 1. The molecular formula is C9H14N4O2. The number of nitrogens with one attached hydrogen (secondary N) is 1. The van der Waals surface area contributed by atoms with Gasteiger partial charge in [0, 0.05) is 6.54 Å². The maximum absolute atomic E-state index is 10.8. The summed E-state index contributed by atoms with van der Waals surface area (Å²) in [7, 11) is 0. The lowest BCUT2D eigenvalue weighted by Gasteiger charge is -2.20. The molecule has 1 atom stereocenters. The summed E-state index contributed by atoms with van der Waals surface area (Å²) in [5, 5.41) is 6.82. The van der Waals surface area contributed by atoms with Gasteiger partial charge in [-0.15, -0.1) is 0 Å². The largest absolute Gasteiger partial charge is 0.363 e. The zero-order valence-electron chi connectivity index (χ0n) is 8.62. The molecule has 0 spiro atoms. The zero-order valence-corrected chi connectivity index (χ0v) is 8.62. The number of amides is 1. The Labute approximate surface area is 87.2 Å². The Morgan fingerprint density at radius 1 is 1.73 bits per heavy atom. The van der Waals surface area contributed by atoms with Gasteiger partial charge >= 0.3 is 0 Å². The molecule has 1 unspecified atom stereocenters. The van der Waals surface area contributed by atoms with Gasteiger partial charge in [0.25, 0.3) is 11.7 Å². The number of rotatable bonds is 3. The van der Waals surface area contributed by atoms with Crippen molar-refractivity contribution >= 4 is 5.91 Å². The molecule has 0 saturated carbocycles. The Morgan fingerprint density at radius 3 is 3.00 bits per heavy atom. The first kappa shape index (κ1) is 10.1. The maximum atomic E-state index is 10.8.